The Hall–Kier alpha value is -3.41. The third-order valence-electron chi connectivity index (χ3n) is 4.28. The van der Waals surface area contributed by atoms with Crippen LogP contribution in [0.25, 0.3) is 22.6 Å². The predicted molar refractivity (Wildman–Crippen MR) is 96.6 cm³/mol. The molecule has 1 atom stereocenters. The van der Waals surface area contributed by atoms with E-state index in [1.54, 1.807) is 31.4 Å². The second-order valence-corrected chi connectivity index (χ2v) is 6.09. The van der Waals surface area contributed by atoms with Gasteiger partial charge in [0.25, 0.3) is 11.6 Å². The molecule has 0 unspecified atom stereocenters. The number of pyridine rings is 1. The molecule has 1 N–H and O–H groups in total. The summed E-state index contributed by atoms with van der Waals surface area (Å²) in [6.45, 7) is 3.73. The number of benzene rings is 1. The molecule has 26 heavy (non-hydrogen) atoms. The monoisotopic (exact) mass is 347 g/mol. The van der Waals surface area contributed by atoms with Gasteiger partial charge in [0.05, 0.1) is 28.9 Å². The van der Waals surface area contributed by atoms with E-state index in [1.807, 2.05) is 37.3 Å². The Balaban J connectivity index is 1.74. The third-order valence-corrected chi connectivity index (χ3v) is 4.28. The highest BCUT2D eigenvalue weighted by atomic mass is 16.5. The van der Waals surface area contributed by atoms with Crippen LogP contribution in [0.5, 0.6) is 0 Å². The normalized spacial score (nSPS) is 12.2. The van der Waals surface area contributed by atoms with Crippen LogP contribution in [0, 0.1) is 6.92 Å². The van der Waals surface area contributed by atoms with Crippen molar-refractivity contribution in [3.05, 3.63) is 71.6 Å². The Morgan fingerprint density at radius 1 is 1.15 bits per heavy atom. The number of carbonyl (C=O) groups is 1. The van der Waals surface area contributed by atoms with E-state index in [4.69, 9.17) is 8.94 Å². The largest absolute Gasteiger partial charge is 0.463 e. The Morgan fingerprint density at radius 3 is 2.69 bits per heavy atom. The summed E-state index contributed by atoms with van der Waals surface area (Å²) in [7, 11) is 0. The maximum atomic E-state index is 13.0. The molecule has 0 bridgehead atoms. The molecule has 3 heterocycles. The first-order chi connectivity index (χ1) is 12.6. The van der Waals surface area contributed by atoms with Gasteiger partial charge >= 0.3 is 0 Å². The van der Waals surface area contributed by atoms with Gasteiger partial charge < -0.3 is 14.3 Å². The average molecular weight is 347 g/mol. The highest BCUT2D eigenvalue weighted by Crippen LogP contribution is 2.27. The van der Waals surface area contributed by atoms with Crippen LogP contribution in [-0.2, 0) is 0 Å². The Kier molecular flexibility index (Phi) is 4.01. The molecule has 0 saturated carbocycles. The number of fused-ring (bicyclic) bond motifs is 1. The quantitative estimate of drug-likeness (QED) is 0.596. The highest BCUT2D eigenvalue weighted by Gasteiger charge is 2.21. The Labute approximate surface area is 149 Å². The number of aryl methyl sites for hydroxylation is 1. The first-order valence-electron chi connectivity index (χ1n) is 8.30. The molecule has 0 radical (unpaired) electrons. The number of hydrogen-bond donors (Lipinski definition) is 1. The Morgan fingerprint density at radius 2 is 1.96 bits per heavy atom. The number of rotatable bonds is 4. The van der Waals surface area contributed by atoms with Crippen LogP contribution in [-0.4, -0.2) is 16.0 Å². The van der Waals surface area contributed by atoms with Gasteiger partial charge in [0.15, 0.2) is 5.76 Å². The lowest BCUT2D eigenvalue weighted by Gasteiger charge is -2.15. The number of carbonyl (C=O) groups excluding carboxylic acids is 1. The van der Waals surface area contributed by atoms with E-state index >= 15 is 0 Å². The zero-order valence-corrected chi connectivity index (χ0v) is 14.4. The molecule has 0 saturated heterocycles. The van der Waals surface area contributed by atoms with Gasteiger partial charge in [-0.05, 0) is 37.6 Å². The summed E-state index contributed by atoms with van der Waals surface area (Å²) in [5, 5.41) is 7.59. The summed E-state index contributed by atoms with van der Waals surface area (Å²) in [6.07, 6.45) is 1.56. The van der Waals surface area contributed by atoms with Gasteiger partial charge in [-0.15, -0.1) is 0 Å². The zero-order chi connectivity index (χ0) is 18.1. The fraction of sp³-hybridized carbons (Fsp3) is 0.150. The molecule has 130 valence electrons. The van der Waals surface area contributed by atoms with Crippen molar-refractivity contribution in [2.75, 3.05) is 0 Å². The van der Waals surface area contributed by atoms with Gasteiger partial charge in [-0.3, -0.25) is 4.79 Å². The molecule has 1 aromatic carbocycles. The van der Waals surface area contributed by atoms with Crippen LogP contribution in [0.15, 0.2) is 63.7 Å². The standard InChI is InChI=1S/C20H17N3O3/c1-12(14-7-4-3-5-8-14)21-19(24)15-11-16(17-9-6-10-25-17)22-20-18(15)13(2)23-26-20/h3-12H,1-2H3,(H,21,24)/t12-/m1/s1. The first kappa shape index (κ1) is 16.1. The van der Waals surface area contributed by atoms with E-state index in [0.29, 0.717) is 33.8 Å². The highest BCUT2D eigenvalue weighted by molar-refractivity contribution is 6.07. The lowest BCUT2D eigenvalue weighted by atomic mass is 10.1. The molecular weight excluding hydrogens is 330 g/mol. The summed E-state index contributed by atoms with van der Waals surface area (Å²) >= 11 is 0. The fourth-order valence-electron chi connectivity index (χ4n) is 2.92. The topological polar surface area (TPSA) is 81.2 Å². The van der Waals surface area contributed by atoms with E-state index < -0.39 is 0 Å². The number of nitrogens with one attached hydrogen (secondary N) is 1. The molecule has 4 aromatic rings. The number of nitrogens with zero attached hydrogens (tertiary/aromatic N) is 2. The van der Waals surface area contributed by atoms with Crippen molar-refractivity contribution in [2.45, 2.75) is 19.9 Å². The van der Waals surface area contributed by atoms with Crippen LogP contribution >= 0.6 is 0 Å². The minimum Gasteiger partial charge on any atom is -0.463 e. The van der Waals surface area contributed by atoms with E-state index in [9.17, 15) is 4.79 Å². The SMILES string of the molecule is Cc1noc2nc(-c3ccco3)cc(C(=O)N[C@H](C)c3ccccc3)c12. The second kappa shape index (κ2) is 6.48. The van der Waals surface area contributed by atoms with Gasteiger partial charge in [0, 0.05) is 0 Å². The lowest BCUT2D eigenvalue weighted by Crippen LogP contribution is -2.27. The third kappa shape index (κ3) is 2.86. The van der Waals surface area contributed by atoms with Crippen molar-refractivity contribution >= 4 is 17.0 Å². The molecule has 4 rings (SSSR count). The van der Waals surface area contributed by atoms with Gasteiger partial charge in [-0.2, -0.15) is 0 Å². The fourth-order valence-corrected chi connectivity index (χ4v) is 2.92. The Bertz CT molecular complexity index is 1050. The molecule has 0 aliphatic carbocycles. The van der Waals surface area contributed by atoms with Crippen LogP contribution in [0.3, 0.4) is 0 Å². The van der Waals surface area contributed by atoms with Crippen molar-refractivity contribution in [1.82, 2.24) is 15.5 Å². The first-order valence-corrected chi connectivity index (χ1v) is 8.30. The minimum absolute atomic E-state index is 0.140. The van der Waals surface area contributed by atoms with E-state index in [2.05, 4.69) is 15.5 Å². The number of hydrogen-bond acceptors (Lipinski definition) is 5. The summed E-state index contributed by atoms with van der Waals surface area (Å²) in [5.74, 6) is 0.346. The van der Waals surface area contributed by atoms with Crippen LogP contribution in [0.4, 0.5) is 0 Å². The van der Waals surface area contributed by atoms with E-state index in [1.165, 1.54) is 0 Å². The molecule has 1 amide bonds. The zero-order valence-electron chi connectivity index (χ0n) is 14.4. The van der Waals surface area contributed by atoms with Gasteiger partial charge in [0.2, 0.25) is 0 Å². The molecule has 0 spiro atoms. The van der Waals surface area contributed by atoms with Crippen molar-refractivity contribution in [2.24, 2.45) is 0 Å². The summed E-state index contributed by atoms with van der Waals surface area (Å²) in [6, 6.07) is 14.9. The van der Waals surface area contributed by atoms with Gasteiger partial charge in [-0.25, -0.2) is 4.98 Å². The summed E-state index contributed by atoms with van der Waals surface area (Å²) in [4.78, 5) is 17.4. The average Bonchev–Trinajstić information content (AvgIpc) is 3.32. The predicted octanol–water partition coefficient (Wildman–Crippen LogP) is 4.28. The number of aromatic nitrogens is 2. The van der Waals surface area contributed by atoms with Crippen LogP contribution < -0.4 is 5.32 Å². The van der Waals surface area contributed by atoms with Crippen molar-refractivity contribution in [3.63, 3.8) is 0 Å². The lowest BCUT2D eigenvalue weighted by molar-refractivity contribution is 0.0941. The molecule has 0 aliphatic heterocycles. The van der Waals surface area contributed by atoms with Crippen LogP contribution in [0.2, 0.25) is 0 Å². The molecule has 6 heteroatoms. The number of amides is 1. The van der Waals surface area contributed by atoms with E-state index in [0.717, 1.165) is 5.56 Å². The van der Waals surface area contributed by atoms with Gasteiger partial charge in [0.1, 0.15) is 5.69 Å². The van der Waals surface area contributed by atoms with Gasteiger partial charge in [-0.1, -0.05) is 35.5 Å². The maximum Gasteiger partial charge on any atom is 0.259 e. The summed E-state index contributed by atoms with van der Waals surface area (Å²) < 4.78 is 10.7. The smallest absolute Gasteiger partial charge is 0.259 e. The van der Waals surface area contributed by atoms with E-state index in [-0.39, 0.29) is 11.9 Å². The van der Waals surface area contributed by atoms with Crippen molar-refractivity contribution in [3.8, 4) is 11.5 Å². The minimum atomic E-state index is -0.215. The summed E-state index contributed by atoms with van der Waals surface area (Å²) in [5.41, 5.74) is 2.95. The molecule has 0 aliphatic rings. The second-order valence-electron chi connectivity index (χ2n) is 6.09. The number of furan rings is 1. The molecule has 0 fully saturated rings. The van der Waals surface area contributed by atoms with Crippen molar-refractivity contribution < 1.29 is 13.7 Å². The molecular formula is C20H17N3O3. The van der Waals surface area contributed by atoms with Crippen molar-refractivity contribution in [1.29, 1.82) is 0 Å². The molecule has 3 aromatic heterocycles. The molecule has 6 nitrogen and oxygen atoms in total. The maximum absolute atomic E-state index is 13.0. The van der Waals surface area contributed by atoms with Crippen LogP contribution in [0.1, 0.15) is 34.6 Å².